The summed E-state index contributed by atoms with van der Waals surface area (Å²) >= 11 is 7.44. The Labute approximate surface area is 118 Å². The first-order chi connectivity index (χ1) is 8.72. The predicted molar refractivity (Wildman–Crippen MR) is 77.6 cm³/mol. The fourth-order valence-corrected chi connectivity index (χ4v) is 2.56. The summed E-state index contributed by atoms with van der Waals surface area (Å²) < 4.78 is 0. The topological polar surface area (TPSA) is 41.0 Å². The van der Waals surface area contributed by atoms with Crippen molar-refractivity contribution in [2.75, 3.05) is 31.2 Å². The number of hydrogen-bond donors (Lipinski definition) is 1. The Morgan fingerprint density at radius 1 is 1.50 bits per heavy atom. The third-order valence-electron chi connectivity index (χ3n) is 3.03. The Morgan fingerprint density at radius 2 is 2.28 bits per heavy atom. The first kappa shape index (κ1) is 13.9. The van der Waals surface area contributed by atoms with Crippen LogP contribution in [-0.2, 0) is 0 Å². The molecule has 18 heavy (non-hydrogen) atoms. The molecule has 1 heterocycles. The van der Waals surface area contributed by atoms with E-state index < -0.39 is 0 Å². The first-order valence-electron chi connectivity index (χ1n) is 6.29. The normalized spacial score (nSPS) is 15.1. The Hall–Kier alpha value is -0.520. The molecular weight excluding hydrogens is 268 g/mol. The van der Waals surface area contributed by atoms with Crippen molar-refractivity contribution in [3.8, 4) is 0 Å². The number of rotatable bonds is 7. The molecule has 6 heteroatoms. The van der Waals surface area contributed by atoms with Crippen molar-refractivity contribution in [3.05, 3.63) is 11.2 Å². The van der Waals surface area contributed by atoms with E-state index in [0.717, 1.165) is 31.5 Å². The molecular formula is C12H19ClN4S. The van der Waals surface area contributed by atoms with Gasteiger partial charge in [-0.25, -0.2) is 9.97 Å². The molecule has 2 rings (SSSR count). The van der Waals surface area contributed by atoms with Crippen LogP contribution in [0, 0.1) is 0 Å². The van der Waals surface area contributed by atoms with Crippen LogP contribution in [0.25, 0.3) is 0 Å². The number of thioether (sulfide) groups is 1. The SMILES string of the molecule is CCN(CCNc1cc(Cl)nc(SC)n1)C1CC1. The molecule has 100 valence electrons. The second kappa shape index (κ2) is 6.59. The summed E-state index contributed by atoms with van der Waals surface area (Å²) in [5.74, 6) is 0.811. The van der Waals surface area contributed by atoms with Gasteiger partial charge in [-0.15, -0.1) is 0 Å². The van der Waals surface area contributed by atoms with E-state index >= 15 is 0 Å². The lowest BCUT2D eigenvalue weighted by Crippen LogP contribution is -2.31. The summed E-state index contributed by atoms with van der Waals surface area (Å²) in [6, 6.07) is 2.59. The standard InChI is InChI=1S/C12H19ClN4S/c1-3-17(9-4-5-9)7-6-14-11-8-10(13)15-12(16-11)18-2/h8-9H,3-7H2,1-2H3,(H,14,15,16). The zero-order valence-corrected chi connectivity index (χ0v) is 12.4. The Kier molecular flexibility index (Phi) is 5.09. The van der Waals surface area contributed by atoms with Gasteiger partial charge in [-0.3, -0.25) is 4.90 Å². The van der Waals surface area contributed by atoms with E-state index in [-0.39, 0.29) is 0 Å². The van der Waals surface area contributed by atoms with Gasteiger partial charge >= 0.3 is 0 Å². The van der Waals surface area contributed by atoms with Crippen molar-refractivity contribution in [2.24, 2.45) is 0 Å². The highest BCUT2D eigenvalue weighted by Crippen LogP contribution is 2.26. The van der Waals surface area contributed by atoms with Crippen LogP contribution in [0.5, 0.6) is 0 Å². The molecule has 0 aromatic carbocycles. The maximum Gasteiger partial charge on any atom is 0.190 e. The van der Waals surface area contributed by atoms with Crippen LogP contribution in [0.4, 0.5) is 5.82 Å². The van der Waals surface area contributed by atoms with Gasteiger partial charge in [0.25, 0.3) is 0 Å². The Balaban J connectivity index is 1.83. The summed E-state index contributed by atoms with van der Waals surface area (Å²) in [5, 5.41) is 4.52. The van der Waals surface area contributed by atoms with Crippen LogP contribution in [0.15, 0.2) is 11.2 Å². The van der Waals surface area contributed by atoms with Gasteiger partial charge in [0.2, 0.25) is 0 Å². The molecule has 0 spiro atoms. The smallest absolute Gasteiger partial charge is 0.190 e. The van der Waals surface area contributed by atoms with Crippen molar-refractivity contribution in [2.45, 2.75) is 31.0 Å². The minimum Gasteiger partial charge on any atom is -0.369 e. The van der Waals surface area contributed by atoms with Gasteiger partial charge in [-0.2, -0.15) is 0 Å². The van der Waals surface area contributed by atoms with Crippen LogP contribution < -0.4 is 5.32 Å². The monoisotopic (exact) mass is 286 g/mol. The molecule has 1 saturated carbocycles. The quantitative estimate of drug-likeness (QED) is 0.474. The second-order valence-electron chi connectivity index (χ2n) is 4.35. The lowest BCUT2D eigenvalue weighted by molar-refractivity contribution is 0.289. The van der Waals surface area contributed by atoms with Crippen LogP contribution in [0.2, 0.25) is 5.15 Å². The molecule has 0 saturated heterocycles. The van der Waals surface area contributed by atoms with Crippen molar-refractivity contribution in [3.63, 3.8) is 0 Å². The van der Waals surface area contributed by atoms with Crippen LogP contribution in [0.3, 0.4) is 0 Å². The third kappa shape index (κ3) is 4.00. The van der Waals surface area contributed by atoms with E-state index in [4.69, 9.17) is 11.6 Å². The maximum atomic E-state index is 5.94. The first-order valence-corrected chi connectivity index (χ1v) is 7.89. The van der Waals surface area contributed by atoms with E-state index in [9.17, 15) is 0 Å². The lowest BCUT2D eigenvalue weighted by atomic mass is 10.4. The fraction of sp³-hybridized carbons (Fsp3) is 0.667. The van der Waals surface area contributed by atoms with Gasteiger partial charge in [0, 0.05) is 25.2 Å². The summed E-state index contributed by atoms with van der Waals surface area (Å²) in [6.07, 6.45) is 4.65. The van der Waals surface area contributed by atoms with E-state index in [1.54, 1.807) is 6.07 Å². The van der Waals surface area contributed by atoms with E-state index in [0.29, 0.717) is 10.3 Å². The average molecular weight is 287 g/mol. The van der Waals surface area contributed by atoms with Crippen molar-refractivity contribution in [1.29, 1.82) is 0 Å². The molecule has 0 radical (unpaired) electrons. The number of anilines is 1. The molecule has 0 unspecified atom stereocenters. The van der Waals surface area contributed by atoms with E-state index in [1.165, 1.54) is 24.6 Å². The lowest BCUT2D eigenvalue weighted by Gasteiger charge is -2.19. The average Bonchev–Trinajstić information content (AvgIpc) is 3.18. The number of nitrogens with one attached hydrogen (secondary N) is 1. The zero-order chi connectivity index (χ0) is 13.0. The van der Waals surface area contributed by atoms with Crippen LogP contribution in [-0.4, -0.2) is 46.8 Å². The molecule has 1 aliphatic rings. The third-order valence-corrected chi connectivity index (χ3v) is 3.77. The molecule has 1 fully saturated rings. The van der Waals surface area contributed by atoms with Gasteiger partial charge in [0.1, 0.15) is 11.0 Å². The van der Waals surface area contributed by atoms with Crippen LogP contribution >= 0.6 is 23.4 Å². The van der Waals surface area contributed by atoms with Gasteiger partial charge < -0.3 is 5.32 Å². The summed E-state index contributed by atoms with van der Waals surface area (Å²) in [6.45, 7) is 5.28. The molecule has 1 aliphatic carbocycles. The zero-order valence-electron chi connectivity index (χ0n) is 10.8. The molecule has 0 bridgehead atoms. The minimum absolute atomic E-state index is 0.492. The summed E-state index contributed by atoms with van der Waals surface area (Å²) in [5.41, 5.74) is 0. The van der Waals surface area contributed by atoms with E-state index in [1.807, 2.05) is 6.26 Å². The predicted octanol–water partition coefficient (Wildman–Crippen LogP) is 2.75. The molecule has 1 N–H and O–H groups in total. The number of halogens is 1. The molecule has 1 aromatic rings. The molecule has 0 atom stereocenters. The van der Waals surface area contributed by atoms with Crippen molar-refractivity contribution in [1.82, 2.24) is 14.9 Å². The van der Waals surface area contributed by atoms with Gasteiger partial charge in [-0.05, 0) is 25.6 Å². The van der Waals surface area contributed by atoms with Crippen molar-refractivity contribution < 1.29 is 0 Å². The molecule has 1 aromatic heterocycles. The van der Waals surface area contributed by atoms with Gasteiger partial charge in [0.15, 0.2) is 5.16 Å². The highest BCUT2D eigenvalue weighted by atomic mass is 35.5. The molecule has 4 nitrogen and oxygen atoms in total. The highest BCUT2D eigenvalue weighted by molar-refractivity contribution is 7.98. The van der Waals surface area contributed by atoms with Gasteiger partial charge in [-0.1, -0.05) is 30.3 Å². The number of likely N-dealkylation sites (N-methyl/N-ethyl adjacent to an activating group) is 1. The number of nitrogens with zero attached hydrogens (tertiary/aromatic N) is 3. The maximum absolute atomic E-state index is 5.94. The molecule has 0 aliphatic heterocycles. The largest absolute Gasteiger partial charge is 0.369 e. The summed E-state index contributed by atoms with van der Waals surface area (Å²) in [4.78, 5) is 11.0. The fourth-order valence-electron chi connectivity index (χ4n) is 1.94. The number of aromatic nitrogens is 2. The van der Waals surface area contributed by atoms with Crippen LogP contribution in [0.1, 0.15) is 19.8 Å². The second-order valence-corrected chi connectivity index (χ2v) is 5.51. The minimum atomic E-state index is 0.492. The van der Waals surface area contributed by atoms with E-state index in [2.05, 4.69) is 27.1 Å². The van der Waals surface area contributed by atoms with Gasteiger partial charge in [0.05, 0.1) is 0 Å². The molecule has 0 amide bonds. The van der Waals surface area contributed by atoms with Crippen molar-refractivity contribution >= 4 is 29.2 Å². The number of hydrogen-bond acceptors (Lipinski definition) is 5. The Morgan fingerprint density at radius 3 is 2.89 bits per heavy atom. The Bertz CT molecular complexity index is 398. The summed E-state index contributed by atoms with van der Waals surface area (Å²) in [7, 11) is 0. The highest BCUT2D eigenvalue weighted by Gasteiger charge is 2.27.